The zero-order chi connectivity index (χ0) is 19.2. The van der Waals surface area contributed by atoms with Crippen molar-refractivity contribution in [2.75, 3.05) is 6.54 Å². The molecule has 0 radical (unpaired) electrons. The number of hydrogen-bond donors (Lipinski definition) is 2. The summed E-state index contributed by atoms with van der Waals surface area (Å²) in [7, 11) is 0. The second-order valence-corrected chi connectivity index (χ2v) is 7.83. The van der Waals surface area contributed by atoms with E-state index in [1.54, 1.807) is 23.6 Å². The van der Waals surface area contributed by atoms with E-state index in [1.165, 1.54) is 23.8 Å². The second kappa shape index (κ2) is 9.08. The molecular formula is C20H24FN3O2S. The number of nitrogens with zero attached hydrogens (tertiary/aromatic N) is 1. The number of carbonyl (C=O) groups excluding carboxylic acids is 2. The summed E-state index contributed by atoms with van der Waals surface area (Å²) >= 11 is 1.23. The Morgan fingerprint density at radius 3 is 2.74 bits per heavy atom. The SMILES string of the molecule is C[C@H](CNC(=O)c1csc(-c2ccccc2F)n1)NC(=O)C1CCCCC1. The molecule has 2 N–H and O–H groups in total. The monoisotopic (exact) mass is 389 g/mol. The first-order chi connectivity index (χ1) is 13.0. The molecule has 2 amide bonds. The molecule has 1 heterocycles. The highest BCUT2D eigenvalue weighted by molar-refractivity contribution is 7.13. The topological polar surface area (TPSA) is 71.1 Å². The summed E-state index contributed by atoms with van der Waals surface area (Å²) in [6, 6.07) is 6.19. The molecule has 1 aliphatic carbocycles. The van der Waals surface area contributed by atoms with Gasteiger partial charge in [0, 0.05) is 29.4 Å². The van der Waals surface area contributed by atoms with Gasteiger partial charge in [0.2, 0.25) is 5.91 Å². The Balaban J connectivity index is 1.50. The largest absolute Gasteiger partial charge is 0.352 e. The smallest absolute Gasteiger partial charge is 0.270 e. The fraction of sp³-hybridized carbons (Fsp3) is 0.450. The minimum absolute atomic E-state index is 0.0759. The maximum absolute atomic E-state index is 13.8. The minimum atomic E-state index is -0.363. The molecule has 0 saturated heterocycles. The Hall–Kier alpha value is -2.28. The number of hydrogen-bond acceptors (Lipinski definition) is 4. The van der Waals surface area contributed by atoms with E-state index in [2.05, 4.69) is 15.6 Å². The molecule has 5 nitrogen and oxygen atoms in total. The highest BCUT2D eigenvalue weighted by atomic mass is 32.1. The Kier molecular flexibility index (Phi) is 6.55. The van der Waals surface area contributed by atoms with Crippen LogP contribution in [0.4, 0.5) is 4.39 Å². The molecule has 0 unspecified atom stereocenters. The van der Waals surface area contributed by atoms with Crippen LogP contribution >= 0.6 is 11.3 Å². The summed E-state index contributed by atoms with van der Waals surface area (Å²) < 4.78 is 13.8. The predicted octanol–water partition coefficient (Wildman–Crippen LogP) is 3.76. The average molecular weight is 389 g/mol. The molecule has 0 bridgehead atoms. The van der Waals surface area contributed by atoms with Crippen molar-refractivity contribution in [2.45, 2.75) is 45.1 Å². The van der Waals surface area contributed by atoms with Gasteiger partial charge < -0.3 is 10.6 Å². The standard InChI is InChI=1S/C20H24FN3O2S/c1-13(23-18(25)14-7-3-2-4-8-14)11-22-19(26)17-12-27-20(24-17)15-9-5-6-10-16(15)21/h5-6,9-10,12-14H,2-4,7-8,11H2,1H3,(H,22,26)(H,23,25)/t13-/m1/s1. The van der Waals surface area contributed by atoms with Crippen LogP contribution in [0.5, 0.6) is 0 Å². The lowest BCUT2D eigenvalue weighted by atomic mass is 9.88. The number of aromatic nitrogens is 1. The van der Waals surface area contributed by atoms with Gasteiger partial charge in [-0.15, -0.1) is 11.3 Å². The van der Waals surface area contributed by atoms with E-state index in [9.17, 15) is 14.0 Å². The van der Waals surface area contributed by atoms with E-state index >= 15 is 0 Å². The van der Waals surface area contributed by atoms with Gasteiger partial charge in [0.1, 0.15) is 16.5 Å². The normalized spacial score (nSPS) is 15.9. The van der Waals surface area contributed by atoms with Gasteiger partial charge in [0.15, 0.2) is 0 Å². The molecule has 0 spiro atoms. The van der Waals surface area contributed by atoms with Crippen molar-refractivity contribution >= 4 is 23.2 Å². The van der Waals surface area contributed by atoms with Gasteiger partial charge in [-0.1, -0.05) is 31.4 Å². The van der Waals surface area contributed by atoms with E-state index < -0.39 is 0 Å². The summed E-state index contributed by atoms with van der Waals surface area (Å²) in [5, 5.41) is 7.84. The van der Waals surface area contributed by atoms with Gasteiger partial charge in [-0.3, -0.25) is 9.59 Å². The van der Waals surface area contributed by atoms with E-state index in [0.29, 0.717) is 17.1 Å². The van der Waals surface area contributed by atoms with Crippen LogP contribution in [0.3, 0.4) is 0 Å². The van der Waals surface area contributed by atoms with Crippen molar-refractivity contribution in [3.05, 3.63) is 41.2 Å². The Bertz CT molecular complexity index is 802. The maximum Gasteiger partial charge on any atom is 0.270 e. The van der Waals surface area contributed by atoms with Gasteiger partial charge in [-0.05, 0) is 31.9 Å². The number of halogens is 1. The third-order valence-electron chi connectivity index (χ3n) is 4.77. The fourth-order valence-electron chi connectivity index (χ4n) is 3.25. The molecule has 1 aromatic heterocycles. The Morgan fingerprint density at radius 2 is 2.00 bits per heavy atom. The summed E-state index contributed by atoms with van der Waals surface area (Å²) in [6.45, 7) is 2.19. The van der Waals surface area contributed by atoms with Crippen LogP contribution in [0, 0.1) is 11.7 Å². The van der Waals surface area contributed by atoms with Crippen molar-refractivity contribution in [1.82, 2.24) is 15.6 Å². The number of rotatable bonds is 6. The number of carbonyl (C=O) groups is 2. The summed E-state index contributed by atoms with van der Waals surface area (Å²) in [4.78, 5) is 28.8. The second-order valence-electron chi connectivity index (χ2n) is 6.97. The van der Waals surface area contributed by atoms with Crippen molar-refractivity contribution in [3.8, 4) is 10.6 Å². The summed E-state index contributed by atoms with van der Waals surface area (Å²) in [5.41, 5.74) is 0.638. The van der Waals surface area contributed by atoms with Gasteiger partial charge in [0.25, 0.3) is 5.91 Å². The van der Waals surface area contributed by atoms with Crippen LogP contribution in [0.2, 0.25) is 0 Å². The minimum Gasteiger partial charge on any atom is -0.352 e. The lowest BCUT2D eigenvalue weighted by molar-refractivity contribution is -0.126. The molecule has 2 aromatic rings. The van der Waals surface area contributed by atoms with E-state index in [4.69, 9.17) is 0 Å². The van der Waals surface area contributed by atoms with Crippen LogP contribution in [0.15, 0.2) is 29.6 Å². The summed E-state index contributed by atoms with van der Waals surface area (Å²) in [5.74, 6) is -0.517. The average Bonchev–Trinajstić information content (AvgIpc) is 3.17. The Morgan fingerprint density at radius 1 is 1.26 bits per heavy atom. The first-order valence-corrected chi connectivity index (χ1v) is 10.2. The van der Waals surface area contributed by atoms with E-state index in [0.717, 1.165) is 25.7 Å². The molecule has 1 saturated carbocycles. The maximum atomic E-state index is 13.8. The zero-order valence-corrected chi connectivity index (χ0v) is 16.2. The zero-order valence-electron chi connectivity index (χ0n) is 15.3. The van der Waals surface area contributed by atoms with Crippen LogP contribution in [-0.2, 0) is 4.79 Å². The van der Waals surface area contributed by atoms with E-state index in [1.807, 2.05) is 6.92 Å². The van der Waals surface area contributed by atoms with Gasteiger partial charge >= 0.3 is 0 Å². The van der Waals surface area contributed by atoms with Gasteiger partial charge in [-0.2, -0.15) is 0 Å². The Labute approximate surface area is 162 Å². The molecule has 1 atom stereocenters. The number of nitrogens with one attached hydrogen (secondary N) is 2. The summed E-state index contributed by atoms with van der Waals surface area (Å²) in [6.07, 6.45) is 5.32. The van der Waals surface area contributed by atoms with Crippen LogP contribution in [0.25, 0.3) is 10.6 Å². The van der Waals surface area contributed by atoms with Crippen LogP contribution < -0.4 is 10.6 Å². The van der Waals surface area contributed by atoms with Crippen molar-refractivity contribution in [1.29, 1.82) is 0 Å². The van der Waals surface area contributed by atoms with Crippen molar-refractivity contribution in [2.24, 2.45) is 5.92 Å². The lowest BCUT2D eigenvalue weighted by Gasteiger charge is -2.23. The first kappa shape index (κ1) is 19.5. The van der Waals surface area contributed by atoms with Crippen molar-refractivity contribution in [3.63, 3.8) is 0 Å². The molecule has 3 rings (SSSR count). The molecular weight excluding hydrogens is 365 g/mol. The molecule has 27 heavy (non-hydrogen) atoms. The third kappa shape index (κ3) is 5.13. The molecule has 0 aliphatic heterocycles. The first-order valence-electron chi connectivity index (χ1n) is 9.33. The molecule has 1 aromatic carbocycles. The number of thiazole rings is 1. The third-order valence-corrected chi connectivity index (χ3v) is 5.65. The fourth-order valence-corrected chi connectivity index (χ4v) is 4.08. The van der Waals surface area contributed by atoms with Gasteiger partial charge in [0.05, 0.1) is 0 Å². The van der Waals surface area contributed by atoms with Crippen molar-refractivity contribution < 1.29 is 14.0 Å². The highest BCUT2D eigenvalue weighted by Gasteiger charge is 2.22. The predicted molar refractivity (Wildman–Crippen MR) is 104 cm³/mol. The molecule has 144 valence electrons. The highest BCUT2D eigenvalue weighted by Crippen LogP contribution is 2.26. The molecule has 1 aliphatic rings. The number of benzene rings is 1. The molecule has 1 fully saturated rings. The molecule has 7 heteroatoms. The quantitative estimate of drug-likeness (QED) is 0.790. The lowest BCUT2D eigenvalue weighted by Crippen LogP contribution is -2.44. The van der Waals surface area contributed by atoms with Crippen LogP contribution in [0.1, 0.15) is 49.5 Å². The number of amides is 2. The van der Waals surface area contributed by atoms with Gasteiger partial charge in [-0.25, -0.2) is 9.37 Å². The van der Waals surface area contributed by atoms with E-state index in [-0.39, 0.29) is 35.3 Å². The van der Waals surface area contributed by atoms with Crippen LogP contribution in [-0.4, -0.2) is 29.4 Å².